The Hall–Kier alpha value is -1.83. The van der Waals surface area contributed by atoms with Gasteiger partial charge in [-0.15, -0.1) is 0 Å². The molecule has 140 valence electrons. The third-order valence-corrected chi connectivity index (χ3v) is 4.46. The lowest BCUT2D eigenvalue weighted by Gasteiger charge is -2.36. The number of halogens is 3. The second-order valence-electron chi connectivity index (χ2n) is 6.67. The quantitative estimate of drug-likeness (QED) is 0.879. The first-order chi connectivity index (χ1) is 11.7. The van der Waals surface area contributed by atoms with E-state index in [1.807, 2.05) is 13.8 Å². The molecule has 1 aliphatic heterocycles. The molecule has 2 rings (SSSR count). The lowest BCUT2D eigenvalue weighted by molar-refractivity contribution is -0.137. The van der Waals surface area contributed by atoms with Crippen molar-refractivity contribution in [2.75, 3.05) is 31.1 Å². The minimum atomic E-state index is -4.38. The van der Waals surface area contributed by atoms with Gasteiger partial charge in [-0.1, -0.05) is 6.92 Å². The maximum atomic E-state index is 12.8. The van der Waals surface area contributed by atoms with E-state index in [4.69, 9.17) is 5.73 Å². The van der Waals surface area contributed by atoms with Crippen molar-refractivity contribution < 1.29 is 18.0 Å². The minimum Gasteiger partial charge on any atom is -0.353 e. The molecular weight excluding hydrogens is 333 g/mol. The van der Waals surface area contributed by atoms with Gasteiger partial charge in [0, 0.05) is 44.3 Å². The second kappa shape index (κ2) is 8.03. The lowest BCUT2D eigenvalue weighted by atomic mass is 10.0. The zero-order valence-corrected chi connectivity index (χ0v) is 14.6. The van der Waals surface area contributed by atoms with E-state index in [0.717, 1.165) is 25.0 Å². The summed E-state index contributed by atoms with van der Waals surface area (Å²) in [5.41, 5.74) is 5.02. The van der Waals surface area contributed by atoms with Crippen LogP contribution >= 0.6 is 0 Å². The number of alkyl halides is 3. The van der Waals surface area contributed by atoms with Crippen LogP contribution in [-0.4, -0.2) is 48.0 Å². The lowest BCUT2D eigenvalue weighted by Crippen LogP contribution is -2.50. The van der Waals surface area contributed by atoms with Gasteiger partial charge >= 0.3 is 6.18 Å². The molecule has 1 fully saturated rings. The molecule has 25 heavy (non-hydrogen) atoms. The molecule has 0 radical (unpaired) electrons. The molecule has 0 aromatic carbocycles. The molecule has 0 spiro atoms. The highest BCUT2D eigenvalue weighted by Crippen LogP contribution is 2.31. The van der Waals surface area contributed by atoms with Crippen molar-refractivity contribution >= 4 is 11.7 Å². The Bertz CT molecular complexity index is 584. The van der Waals surface area contributed by atoms with Gasteiger partial charge in [0.05, 0.1) is 5.56 Å². The van der Waals surface area contributed by atoms with Crippen LogP contribution in [0.4, 0.5) is 19.0 Å². The number of carbonyl (C=O) groups is 1. The smallest absolute Gasteiger partial charge is 0.353 e. The normalized spacial score (nSPS) is 18.2. The van der Waals surface area contributed by atoms with Gasteiger partial charge in [0.1, 0.15) is 5.82 Å². The van der Waals surface area contributed by atoms with E-state index >= 15 is 0 Å². The number of piperazine rings is 1. The summed E-state index contributed by atoms with van der Waals surface area (Å²) in [4.78, 5) is 20.0. The summed E-state index contributed by atoms with van der Waals surface area (Å²) in [5.74, 6) is 0.286. The topological polar surface area (TPSA) is 62.5 Å². The van der Waals surface area contributed by atoms with Crippen LogP contribution in [-0.2, 0) is 11.0 Å². The van der Waals surface area contributed by atoms with Crippen molar-refractivity contribution in [1.82, 2.24) is 9.88 Å². The summed E-state index contributed by atoms with van der Waals surface area (Å²) in [5, 5.41) is 0. The molecule has 1 amide bonds. The highest BCUT2D eigenvalue weighted by molar-refractivity contribution is 5.78. The van der Waals surface area contributed by atoms with Crippen LogP contribution in [0, 0.1) is 5.92 Å². The Balaban J connectivity index is 1.92. The number of rotatable bonds is 5. The van der Waals surface area contributed by atoms with E-state index in [1.54, 1.807) is 9.80 Å². The summed E-state index contributed by atoms with van der Waals surface area (Å²) in [6.45, 7) is 5.72. The number of aromatic nitrogens is 1. The minimum absolute atomic E-state index is 0.0686. The standard InChI is InChI=1S/C17H25F3N4O/c1-12(3-4-13(2)21)16(25)24-9-7-23(8-10-24)15-11-14(5-6-22-15)17(18,19)20/h5-6,11-13H,3-4,7-10,21H2,1-2H3. The van der Waals surface area contributed by atoms with E-state index in [9.17, 15) is 18.0 Å². The molecule has 1 aromatic rings. The molecule has 1 aliphatic rings. The molecule has 0 saturated carbocycles. The van der Waals surface area contributed by atoms with E-state index in [1.165, 1.54) is 6.20 Å². The summed E-state index contributed by atoms with van der Waals surface area (Å²) in [6, 6.07) is 2.09. The van der Waals surface area contributed by atoms with Gasteiger partial charge < -0.3 is 15.5 Å². The number of nitrogens with zero attached hydrogens (tertiary/aromatic N) is 3. The van der Waals surface area contributed by atoms with Crippen molar-refractivity contribution in [3.8, 4) is 0 Å². The second-order valence-corrected chi connectivity index (χ2v) is 6.67. The Kier molecular flexibility index (Phi) is 6.26. The van der Waals surface area contributed by atoms with Gasteiger partial charge in [-0.25, -0.2) is 4.98 Å². The Labute approximate surface area is 146 Å². The Morgan fingerprint density at radius 1 is 1.24 bits per heavy atom. The van der Waals surface area contributed by atoms with Crippen molar-refractivity contribution in [2.45, 2.75) is 38.9 Å². The van der Waals surface area contributed by atoms with Gasteiger partial charge in [0.2, 0.25) is 5.91 Å². The van der Waals surface area contributed by atoms with Gasteiger partial charge in [0.15, 0.2) is 0 Å². The van der Waals surface area contributed by atoms with Crippen molar-refractivity contribution in [3.05, 3.63) is 23.9 Å². The number of hydrogen-bond donors (Lipinski definition) is 1. The van der Waals surface area contributed by atoms with Gasteiger partial charge in [-0.05, 0) is 31.9 Å². The zero-order chi connectivity index (χ0) is 18.6. The molecule has 2 heterocycles. The average molecular weight is 358 g/mol. The highest BCUT2D eigenvalue weighted by atomic mass is 19.4. The third kappa shape index (κ3) is 5.32. The fourth-order valence-corrected chi connectivity index (χ4v) is 2.87. The van der Waals surface area contributed by atoms with Crippen LogP contribution in [0.15, 0.2) is 18.3 Å². The van der Waals surface area contributed by atoms with Crippen LogP contribution in [0.25, 0.3) is 0 Å². The third-order valence-electron chi connectivity index (χ3n) is 4.46. The number of pyridine rings is 1. The van der Waals surface area contributed by atoms with Crippen molar-refractivity contribution in [3.63, 3.8) is 0 Å². The fraction of sp³-hybridized carbons (Fsp3) is 0.647. The summed E-state index contributed by atoms with van der Waals surface area (Å²) >= 11 is 0. The predicted octanol–water partition coefficient (Wildman–Crippen LogP) is 2.51. The molecular formula is C17H25F3N4O. The van der Waals surface area contributed by atoms with Crippen molar-refractivity contribution in [1.29, 1.82) is 0 Å². The Morgan fingerprint density at radius 2 is 1.88 bits per heavy atom. The first kappa shape index (κ1) is 19.5. The molecule has 2 unspecified atom stereocenters. The van der Waals surface area contributed by atoms with Crippen LogP contribution in [0.1, 0.15) is 32.3 Å². The molecule has 8 heteroatoms. The Morgan fingerprint density at radius 3 is 2.44 bits per heavy atom. The molecule has 0 aliphatic carbocycles. The average Bonchev–Trinajstić information content (AvgIpc) is 2.58. The van der Waals surface area contributed by atoms with Gasteiger partial charge in [0.25, 0.3) is 0 Å². The van der Waals surface area contributed by atoms with Crippen LogP contribution in [0.5, 0.6) is 0 Å². The molecule has 2 atom stereocenters. The number of carbonyl (C=O) groups excluding carboxylic acids is 1. The van der Waals surface area contributed by atoms with E-state index < -0.39 is 11.7 Å². The molecule has 1 aromatic heterocycles. The highest BCUT2D eigenvalue weighted by Gasteiger charge is 2.32. The van der Waals surface area contributed by atoms with Crippen LogP contribution < -0.4 is 10.6 Å². The van der Waals surface area contributed by atoms with Crippen molar-refractivity contribution in [2.24, 2.45) is 11.7 Å². The van der Waals surface area contributed by atoms with E-state index in [-0.39, 0.29) is 17.9 Å². The summed E-state index contributed by atoms with van der Waals surface area (Å²) in [6.07, 6.45) is -1.68. The maximum absolute atomic E-state index is 12.8. The number of hydrogen-bond acceptors (Lipinski definition) is 4. The molecule has 0 bridgehead atoms. The van der Waals surface area contributed by atoms with Gasteiger partial charge in [-0.2, -0.15) is 13.2 Å². The monoisotopic (exact) mass is 358 g/mol. The van der Waals surface area contributed by atoms with E-state index in [0.29, 0.717) is 32.0 Å². The predicted molar refractivity (Wildman–Crippen MR) is 90.1 cm³/mol. The molecule has 5 nitrogen and oxygen atoms in total. The fourth-order valence-electron chi connectivity index (χ4n) is 2.87. The maximum Gasteiger partial charge on any atom is 0.416 e. The number of anilines is 1. The number of nitrogens with two attached hydrogens (primary N) is 1. The first-order valence-electron chi connectivity index (χ1n) is 8.51. The molecule has 2 N–H and O–H groups in total. The molecule has 1 saturated heterocycles. The summed E-state index contributed by atoms with van der Waals surface area (Å²) in [7, 11) is 0. The van der Waals surface area contributed by atoms with Gasteiger partial charge in [-0.3, -0.25) is 4.79 Å². The van der Waals surface area contributed by atoms with Crippen LogP contribution in [0.3, 0.4) is 0 Å². The largest absolute Gasteiger partial charge is 0.416 e. The SMILES string of the molecule is CC(N)CCC(C)C(=O)N1CCN(c2cc(C(F)(F)F)ccn2)CC1. The first-order valence-corrected chi connectivity index (χ1v) is 8.51. The summed E-state index contributed by atoms with van der Waals surface area (Å²) < 4.78 is 38.4. The van der Waals surface area contributed by atoms with E-state index in [2.05, 4.69) is 4.98 Å². The zero-order valence-electron chi connectivity index (χ0n) is 14.6. The number of amides is 1. The van der Waals surface area contributed by atoms with Crippen LogP contribution in [0.2, 0.25) is 0 Å².